The highest BCUT2D eigenvalue weighted by Crippen LogP contribution is 1.97. The molecule has 0 saturated carbocycles. The molecule has 0 aromatic rings. The summed E-state index contributed by atoms with van der Waals surface area (Å²) < 4.78 is 4.87. The van der Waals surface area contributed by atoms with E-state index < -0.39 is 12.1 Å². The van der Waals surface area contributed by atoms with Crippen LogP contribution in [-0.4, -0.2) is 55.4 Å². The summed E-state index contributed by atoms with van der Waals surface area (Å²) in [5, 5.41) is 11.5. The van der Waals surface area contributed by atoms with Gasteiger partial charge in [0, 0.05) is 20.5 Å². The minimum atomic E-state index is -0.598. The number of nitrogens with one attached hydrogen (secondary N) is 1. The first-order chi connectivity index (χ1) is 8.01. The van der Waals surface area contributed by atoms with Crippen molar-refractivity contribution in [1.29, 1.82) is 0 Å². The van der Waals surface area contributed by atoms with Crippen LogP contribution in [0.4, 0.5) is 4.79 Å². The molecular formula is C11H22N2O4. The molecular weight excluding hydrogens is 224 g/mol. The predicted octanol–water partition coefficient (Wildman–Crippen LogP) is 0.352. The highest BCUT2D eigenvalue weighted by molar-refractivity contribution is 5.77. The third-order valence-electron chi connectivity index (χ3n) is 2.19. The van der Waals surface area contributed by atoms with Crippen molar-refractivity contribution < 1.29 is 19.4 Å². The number of hydrogen-bond donors (Lipinski definition) is 2. The highest BCUT2D eigenvalue weighted by atomic mass is 16.5. The molecule has 0 aromatic carbocycles. The van der Waals surface area contributed by atoms with Crippen molar-refractivity contribution in [1.82, 2.24) is 10.2 Å². The van der Waals surface area contributed by atoms with Gasteiger partial charge in [-0.05, 0) is 6.42 Å². The van der Waals surface area contributed by atoms with Crippen molar-refractivity contribution in [2.75, 3.05) is 27.3 Å². The summed E-state index contributed by atoms with van der Waals surface area (Å²) in [7, 11) is 3.24. The molecule has 1 atom stereocenters. The summed E-state index contributed by atoms with van der Waals surface area (Å²) in [6.45, 7) is 2.05. The van der Waals surface area contributed by atoms with Crippen LogP contribution in [0.2, 0.25) is 0 Å². The van der Waals surface area contributed by atoms with Gasteiger partial charge in [0.1, 0.15) is 0 Å². The molecule has 0 radical (unpaired) electrons. The molecule has 6 nitrogen and oxygen atoms in total. The van der Waals surface area contributed by atoms with Crippen LogP contribution in [0.3, 0.4) is 0 Å². The maximum atomic E-state index is 11.4. The zero-order chi connectivity index (χ0) is 13.3. The second-order valence-electron chi connectivity index (χ2n) is 4.01. The largest absolute Gasteiger partial charge is 0.450 e. The smallest absolute Gasteiger partial charge is 0.407 e. The third-order valence-corrected chi connectivity index (χ3v) is 2.19. The van der Waals surface area contributed by atoms with E-state index in [0.29, 0.717) is 6.61 Å². The molecule has 0 aliphatic heterocycles. The van der Waals surface area contributed by atoms with Crippen molar-refractivity contribution in [2.24, 2.45) is 0 Å². The van der Waals surface area contributed by atoms with Crippen LogP contribution in [0.5, 0.6) is 0 Å². The second kappa shape index (κ2) is 8.81. The lowest BCUT2D eigenvalue weighted by atomic mass is 10.2. The van der Waals surface area contributed by atoms with Gasteiger partial charge < -0.3 is 20.1 Å². The number of aliphatic hydroxyl groups excluding tert-OH is 1. The van der Waals surface area contributed by atoms with Crippen LogP contribution in [-0.2, 0) is 9.53 Å². The number of hydrogen-bond acceptors (Lipinski definition) is 4. The minimum absolute atomic E-state index is 0.0619. The number of aliphatic hydroxyl groups is 1. The van der Waals surface area contributed by atoms with E-state index in [-0.39, 0.29) is 18.9 Å². The zero-order valence-corrected chi connectivity index (χ0v) is 10.7. The predicted molar refractivity (Wildman–Crippen MR) is 63.6 cm³/mol. The van der Waals surface area contributed by atoms with Crippen LogP contribution in [0.25, 0.3) is 0 Å². The quantitative estimate of drug-likeness (QED) is 0.635. The number of carbonyl (C=O) groups excluding carboxylic acids is 2. The van der Waals surface area contributed by atoms with E-state index >= 15 is 0 Å². The zero-order valence-electron chi connectivity index (χ0n) is 10.7. The number of nitrogens with zero attached hydrogens (tertiary/aromatic N) is 1. The van der Waals surface area contributed by atoms with E-state index in [9.17, 15) is 9.59 Å². The van der Waals surface area contributed by atoms with Crippen LogP contribution >= 0.6 is 0 Å². The third kappa shape index (κ3) is 7.57. The second-order valence-corrected chi connectivity index (χ2v) is 4.01. The Hall–Kier alpha value is -1.30. The lowest BCUT2D eigenvalue weighted by molar-refractivity contribution is -0.129. The standard InChI is InChI=1S/C11H22N2O4/c1-4-5-6-17-11(16)12-9(8-14)7-10(15)13(2)3/h9,14H,4-8H2,1-3H3,(H,12,16)/t9-/m1/s1. The molecule has 2 N–H and O–H groups in total. The Labute approximate surface area is 102 Å². The molecule has 0 aliphatic carbocycles. The Morgan fingerprint density at radius 2 is 2.06 bits per heavy atom. The first kappa shape index (κ1) is 15.7. The highest BCUT2D eigenvalue weighted by Gasteiger charge is 2.17. The normalized spacial score (nSPS) is 11.8. The number of ether oxygens (including phenoxy) is 1. The van der Waals surface area contributed by atoms with E-state index in [4.69, 9.17) is 9.84 Å². The van der Waals surface area contributed by atoms with Crippen LogP contribution in [0, 0.1) is 0 Å². The molecule has 0 aromatic heterocycles. The Morgan fingerprint density at radius 1 is 1.41 bits per heavy atom. The van der Waals surface area contributed by atoms with E-state index in [1.54, 1.807) is 14.1 Å². The van der Waals surface area contributed by atoms with E-state index in [2.05, 4.69) is 5.32 Å². The van der Waals surface area contributed by atoms with E-state index in [0.717, 1.165) is 12.8 Å². The summed E-state index contributed by atoms with van der Waals surface area (Å²) in [4.78, 5) is 24.1. The molecule has 6 heteroatoms. The minimum Gasteiger partial charge on any atom is -0.450 e. The molecule has 0 rings (SSSR count). The van der Waals surface area contributed by atoms with E-state index in [1.807, 2.05) is 6.92 Å². The van der Waals surface area contributed by atoms with Gasteiger partial charge in [-0.25, -0.2) is 4.79 Å². The van der Waals surface area contributed by atoms with Gasteiger partial charge in [-0.1, -0.05) is 13.3 Å². The van der Waals surface area contributed by atoms with Crippen LogP contribution in [0.15, 0.2) is 0 Å². The molecule has 0 spiro atoms. The van der Waals surface area contributed by atoms with Crippen molar-refractivity contribution in [2.45, 2.75) is 32.2 Å². The van der Waals surface area contributed by atoms with Crippen molar-refractivity contribution in [3.63, 3.8) is 0 Å². The van der Waals surface area contributed by atoms with Crippen molar-refractivity contribution >= 4 is 12.0 Å². The van der Waals surface area contributed by atoms with Gasteiger partial charge in [-0.3, -0.25) is 4.79 Å². The van der Waals surface area contributed by atoms with Crippen molar-refractivity contribution in [3.8, 4) is 0 Å². The summed E-state index contributed by atoms with van der Waals surface area (Å²) in [5.74, 6) is -0.155. The summed E-state index contributed by atoms with van der Waals surface area (Å²) >= 11 is 0. The van der Waals surface area contributed by atoms with Gasteiger partial charge in [0.05, 0.1) is 19.3 Å². The maximum Gasteiger partial charge on any atom is 0.407 e. The lowest BCUT2D eigenvalue weighted by Gasteiger charge is -2.18. The first-order valence-electron chi connectivity index (χ1n) is 5.75. The lowest BCUT2D eigenvalue weighted by Crippen LogP contribution is -2.41. The van der Waals surface area contributed by atoms with E-state index in [1.165, 1.54) is 4.90 Å². The number of rotatable bonds is 7. The van der Waals surface area contributed by atoms with Gasteiger partial charge in [0.25, 0.3) is 0 Å². The van der Waals surface area contributed by atoms with Gasteiger partial charge in [-0.2, -0.15) is 0 Å². The molecule has 0 unspecified atom stereocenters. The van der Waals surface area contributed by atoms with Gasteiger partial charge >= 0.3 is 6.09 Å². The molecule has 0 saturated heterocycles. The number of carbonyl (C=O) groups is 2. The Bertz CT molecular complexity index is 244. The van der Waals surface area contributed by atoms with Gasteiger partial charge in [0.2, 0.25) is 5.91 Å². The van der Waals surface area contributed by atoms with Gasteiger partial charge in [0.15, 0.2) is 0 Å². The topological polar surface area (TPSA) is 78.9 Å². The monoisotopic (exact) mass is 246 g/mol. The molecule has 0 bridgehead atoms. The fourth-order valence-corrected chi connectivity index (χ4v) is 1.07. The first-order valence-corrected chi connectivity index (χ1v) is 5.75. The molecule has 17 heavy (non-hydrogen) atoms. The number of alkyl carbamates (subject to hydrolysis) is 1. The molecule has 2 amide bonds. The average Bonchev–Trinajstić information content (AvgIpc) is 2.28. The Morgan fingerprint density at radius 3 is 2.53 bits per heavy atom. The molecule has 0 fully saturated rings. The fraction of sp³-hybridized carbons (Fsp3) is 0.818. The average molecular weight is 246 g/mol. The molecule has 100 valence electrons. The fourth-order valence-electron chi connectivity index (χ4n) is 1.07. The molecule has 0 heterocycles. The maximum absolute atomic E-state index is 11.4. The number of amides is 2. The number of unbranched alkanes of at least 4 members (excludes halogenated alkanes) is 1. The van der Waals surface area contributed by atoms with Crippen molar-refractivity contribution in [3.05, 3.63) is 0 Å². The molecule has 0 aliphatic rings. The summed E-state index contributed by atoms with van der Waals surface area (Å²) in [5.41, 5.74) is 0. The Kier molecular flexibility index (Phi) is 8.13. The van der Waals surface area contributed by atoms with Crippen LogP contribution in [0.1, 0.15) is 26.2 Å². The van der Waals surface area contributed by atoms with Crippen LogP contribution < -0.4 is 5.32 Å². The SMILES string of the molecule is CCCCOC(=O)N[C@@H](CO)CC(=O)N(C)C. The summed E-state index contributed by atoms with van der Waals surface area (Å²) in [6.07, 6.45) is 1.21. The summed E-state index contributed by atoms with van der Waals surface area (Å²) in [6, 6.07) is -0.598. The van der Waals surface area contributed by atoms with Gasteiger partial charge in [-0.15, -0.1) is 0 Å². The Balaban J connectivity index is 3.95.